The number of amides is 1. The first-order chi connectivity index (χ1) is 6.74. The van der Waals surface area contributed by atoms with E-state index < -0.39 is 0 Å². The van der Waals surface area contributed by atoms with Gasteiger partial charge < -0.3 is 10.6 Å². The van der Waals surface area contributed by atoms with E-state index in [2.05, 4.69) is 6.92 Å². The van der Waals surface area contributed by atoms with Crippen molar-refractivity contribution in [2.75, 3.05) is 25.4 Å². The maximum atomic E-state index is 11.7. The first-order valence-corrected chi connectivity index (χ1v) is 6.38. The van der Waals surface area contributed by atoms with Gasteiger partial charge in [0.05, 0.1) is 0 Å². The van der Waals surface area contributed by atoms with Gasteiger partial charge in [-0.3, -0.25) is 4.79 Å². The predicted octanol–water partition coefficient (Wildman–Crippen LogP) is 1.08. The maximum absolute atomic E-state index is 11.7. The molecule has 4 heteroatoms. The Kier molecular flexibility index (Phi) is 5.33. The van der Waals surface area contributed by atoms with Crippen LogP contribution >= 0.6 is 11.8 Å². The molecule has 3 nitrogen and oxygen atoms in total. The van der Waals surface area contributed by atoms with Crippen LogP contribution < -0.4 is 5.73 Å². The molecular weight excluding hydrogens is 196 g/mol. The lowest BCUT2D eigenvalue weighted by Gasteiger charge is -2.30. The Morgan fingerprint density at radius 1 is 1.57 bits per heavy atom. The highest BCUT2D eigenvalue weighted by atomic mass is 32.2. The van der Waals surface area contributed by atoms with Crippen molar-refractivity contribution in [2.24, 2.45) is 5.73 Å². The van der Waals surface area contributed by atoms with E-state index in [4.69, 9.17) is 5.73 Å². The van der Waals surface area contributed by atoms with Gasteiger partial charge in [-0.2, -0.15) is 11.8 Å². The molecule has 1 fully saturated rings. The Labute approximate surface area is 90.4 Å². The zero-order valence-electron chi connectivity index (χ0n) is 8.87. The van der Waals surface area contributed by atoms with Gasteiger partial charge in [-0.25, -0.2) is 0 Å². The van der Waals surface area contributed by atoms with Crippen molar-refractivity contribution >= 4 is 17.7 Å². The van der Waals surface area contributed by atoms with Crippen molar-refractivity contribution in [3.05, 3.63) is 0 Å². The Morgan fingerprint density at radius 2 is 2.36 bits per heavy atom. The molecule has 0 aromatic rings. The van der Waals surface area contributed by atoms with Gasteiger partial charge in [0.1, 0.15) is 0 Å². The number of carbonyl (C=O) groups is 1. The van der Waals surface area contributed by atoms with Crippen LogP contribution in [0.25, 0.3) is 0 Å². The van der Waals surface area contributed by atoms with Crippen molar-refractivity contribution < 1.29 is 4.79 Å². The molecule has 82 valence electrons. The van der Waals surface area contributed by atoms with Crippen LogP contribution in [0.15, 0.2) is 0 Å². The summed E-state index contributed by atoms with van der Waals surface area (Å²) >= 11 is 1.95. The Bertz CT molecular complexity index is 187. The fraction of sp³-hybridized carbons (Fsp3) is 0.900. The van der Waals surface area contributed by atoms with Gasteiger partial charge in [-0.1, -0.05) is 6.92 Å². The summed E-state index contributed by atoms with van der Waals surface area (Å²) in [5.41, 5.74) is 5.39. The van der Waals surface area contributed by atoms with Gasteiger partial charge >= 0.3 is 0 Å². The fourth-order valence-corrected chi connectivity index (χ4v) is 2.64. The van der Waals surface area contributed by atoms with Crippen LogP contribution in [-0.4, -0.2) is 41.4 Å². The van der Waals surface area contributed by atoms with Crippen LogP contribution in [0.5, 0.6) is 0 Å². The van der Waals surface area contributed by atoms with Gasteiger partial charge in [0.15, 0.2) is 0 Å². The highest BCUT2D eigenvalue weighted by Gasteiger charge is 2.20. The van der Waals surface area contributed by atoms with E-state index in [0.717, 1.165) is 31.7 Å². The molecule has 0 aromatic carbocycles. The third-order valence-corrected chi connectivity index (χ3v) is 3.57. The molecule has 14 heavy (non-hydrogen) atoms. The van der Waals surface area contributed by atoms with Gasteiger partial charge in [0.2, 0.25) is 5.91 Å². The minimum atomic E-state index is 0.311. The maximum Gasteiger partial charge on any atom is 0.222 e. The lowest BCUT2D eigenvalue weighted by Crippen LogP contribution is -2.40. The summed E-state index contributed by atoms with van der Waals surface area (Å²) in [6.45, 7) is 4.73. The second kappa shape index (κ2) is 6.30. The van der Waals surface area contributed by atoms with E-state index in [1.807, 2.05) is 16.7 Å². The van der Waals surface area contributed by atoms with Gasteiger partial charge in [0.25, 0.3) is 0 Å². The molecule has 2 N–H and O–H groups in total. The van der Waals surface area contributed by atoms with Crippen LogP contribution in [0.2, 0.25) is 0 Å². The number of nitrogens with zero attached hydrogens (tertiary/aromatic N) is 1. The topological polar surface area (TPSA) is 46.3 Å². The molecule has 1 atom stereocenters. The van der Waals surface area contributed by atoms with E-state index in [1.165, 1.54) is 0 Å². The first-order valence-electron chi connectivity index (χ1n) is 5.33. The number of nitrogens with two attached hydrogens (primary N) is 1. The molecule has 0 spiro atoms. The molecular formula is C10H20N2OS. The van der Waals surface area contributed by atoms with Crippen molar-refractivity contribution in [1.82, 2.24) is 4.90 Å². The monoisotopic (exact) mass is 216 g/mol. The molecule has 1 aliphatic rings. The van der Waals surface area contributed by atoms with E-state index in [1.54, 1.807) is 0 Å². The van der Waals surface area contributed by atoms with Gasteiger partial charge in [0, 0.05) is 30.5 Å². The molecule has 0 bridgehead atoms. The number of hydrogen-bond donors (Lipinski definition) is 1. The summed E-state index contributed by atoms with van der Waals surface area (Å²) in [5.74, 6) is 1.40. The average Bonchev–Trinajstić information content (AvgIpc) is 2.18. The normalized spacial score (nSPS) is 22.4. The first kappa shape index (κ1) is 11.9. The molecule has 1 heterocycles. The Balaban J connectivity index is 2.22. The van der Waals surface area contributed by atoms with E-state index in [9.17, 15) is 4.79 Å². The minimum absolute atomic E-state index is 0.311. The van der Waals surface area contributed by atoms with E-state index in [-0.39, 0.29) is 0 Å². The largest absolute Gasteiger partial charge is 0.341 e. The molecule has 1 aliphatic heterocycles. The Hall–Kier alpha value is -0.220. The number of rotatable bonds is 4. The molecule has 1 amide bonds. The average molecular weight is 216 g/mol. The number of hydrogen-bond acceptors (Lipinski definition) is 3. The quantitative estimate of drug-likeness (QED) is 0.715. The Morgan fingerprint density at radius 3 is 3.00 bits per heavy atom. The van der Waals surface area contributed by atoms with Crippen LogP contribution in [0.3, 0.4) is 0 Å². The summed E-state index contributed by atoms with van der Waals surface area (Å²) in [6, 6.07) is 0. The molecule has 1 rings (SSSR count). The summed E-state index contributed by atoms with van der Waals surface area (Å²) < 4.78 is 0. The molecule has 0 aliphatic carbocycles. The highest BCUT2D eigenvalue weighted by Crippen LogP contribution is 2.18. The summed E-state index contributed by atoms with van der Waals surface area (Å²) in [6.07, 6.45) is 2.58. The third kappa shape index (κ3) is 3.88. The number of unbranched alkanes of at least 4 members (excludes halogenated alkanes) is 1. The second-order valence-electron chi connectivity index (χ2n) is 3.77. The zero-order chi connectivity index (χ0) is 10.4. The van der Waals surface area contributed by atoms with Gasteiger partial charge in [-0.15, -0.1) is 0 Å². The SMILES string of the molecule is CC1CN(C(=O)CCCCN)CCS1. The number of thioether (sulfide) groups is 1. The van der Waals surface area contributed by atoms with Crippen molar-refractivity contribution in [3.63, 3.8) is 0 Å². The third-order valence-electron chi connectivity index (χ3n) is 2.44. The predicted molar refractivity (Wildman–Crippen MR) is 61.4 cm³/mol. The molecule has 0 saturated carbocycles. The van der Waals surface area contributed by atoms with Crippen molar-refractivity contribution in [3.8, 4) is 0 Å². The molecule has 0 aromatic heterocycles. The van der Waals surface area contributed by atoms with Crippen LogP contribution in [0, 0.1) is 0 Å². The van der Waals surface area contributed by atoms with Crippen molar-refractivity contribution in [1.29, 1.82) is 0 Å². The summed E-state index contributed by atoms with van der Waals surface area (Å²) in [4.78, 5) is 13.7. The second-order valence-corrected chi connectivity index (χ2v) is 5.31. The van der Waals surface area contributed by atoms with E-state index in [0.29, 0.717) is 24.1 Å². The smallest absolute Gasteiger partial charge is 0.222 e. The van der Waals surface area contributed by atoms with Gasteiger partial charge in [-0.05, 0) is 19.4 Å². The van der Waals surface area contributed by atoms with Crippen LogP contribution in [-0.2, 0) is 4.79 Å². The molecule has 1 unspecified atom stereocenters. The molecule has 1 saturated heterocycles. The summed E-state index contributed by atoms with van der Waals surface area (Å²) in [7, 11) is 0. The highest BCUT2D eigenvalue weighted by molar-refractivity contribution is 7.99. The zero-order valence-corrected chi connectivity index (χ0v) is 9.68. The fourth-order valence-electron chi connectivity index (χ4n) is 1.62. The lowest BCUT2D eigenvalue weighted by molar-refractivity contribution is -0.131. The molecule has 0 radical (unpaired) electrons. The lowest BCUT2D eigenvalue weighted by atomic mass is 10.2. The number of carbonyl (C=O) groups excluding carboxylic acids is 1. The van der Waals surface area contributed by atoms with Crippen molar-refractivity contribution in [2.45, 2.75) is 31.4 Å². The standard InChI is InChI=1S/C10H20N2OS/c1-9-8-12(6-7-14-9)10(13)4-2-3-5-11/h9H,2-8,11H2,1H3. The van der Waals surface area contributed by atoms with Crippen LogP contribution in [0.4, 0.5) is 0 Å². The minimum Gasteiger partial charge on any atom is -0.341 e. The van der Waals surface area contributed by atoms with E-state index >= 15 is 0 Å². The summed E-state index contributed by atoms with van der Waals surface area (Å²) in [5, 5.41) is 0.599. The van der Waals surface area contributed by atoms with Crippen LogP contribution in [0.1, 0.15) is 26.2 Å².